The van der Waals surface area contributed by atoms with Gasteiger partial charge < -0.3 is 16.0 Å². The second kappa shape index (κ2) is 6.98. The van der Waals surface area contributed by atoms with Gasteiger partial charge in [-0.3, -0.25) is 5.10 Å². The molecule has 4 rings (SSSR count). The fourth-order valence-corrected chi connectivity index (χ4v) is 3.83. The molecular weight excluding hydrogens is 362 g/mol. The second-order valence-corrected chi connectivity index (χ2v) is 7.79. The third-order valence-electron chi connectivity index (χ3n) is 5.57. The SMILES string of the molecule is CNc1cccc(-c2n[nH]c3nc(N4CCC(C)(CN)CC4)cnc23)c1Cl. The number of piperidine rings is 1. The molecule has 7 nitrogen and oxygen atoms in total. The first-order valence-electron chi connectivity index (χ1n) is 9.17. The Labute approximate surface area is 163 Å². The Bertz CT molecular complexity index is 960. The lowest BCUT2D eigenvalue weighted by Crippen LogP contribution is -2.42. The Kier molecular flexibility index (Phi) is 4.65. The maximum atomic E-state index is 6.51. The molecule has 0 bridgehead atoms. The van der Waals surface area contributed by atoms with Gasteiger partial charge in [-0.2, -0.15) is 5.10 Å². The van der Waals surface area contributed by atoms with E-state index in [0.29, 0.717) is 16.4 Å². The van der Waals surface area contributed by atoms with Crippen LogP contribution in [0.5, 0.6) is 0 Å². The minimum atomic E-state index is 0.226. The summed E-state index contributed by atoms with van der Waals surface area (Å²) in [6.45, 7) is 4.85. The molecule has 0 atom stereocenters. The number of anilines is 2. The summed E-state index contributed by atoms with van der Waals surface area (Å²) in [6, 6.07) is 5.81. The zero-order chi connectivity index (χ0) is 19.0. The number of nitrogens with two attached hydrogens (primary N) is 1. The van der Waals surface area contributed by atoms with Crippen molar-refractivity contribution in [2.45, 2.75) is 19.8 Å². The molecule has 0 amide bonds. The summed E-state index contributed by atoms with van der Waals surface area (Å²) < 4.78 is 0. The first-order valence-corrected chi connectivity index (χ1v) is 9.55. The standard InChI is InChI=1S/C19H24ClN7/c1-19(11-21)6-8-27(9-7-19)14-10-23-17-16(25-26-18(17)24-14)12-4-3-5-13(22-2)15(12)20/h3-5,10,22H,6-9,11,21H2,1-2H3,(H,24,25,26). The number of H-pyrrole nitrogens is 1. The van der Waals surface area contributed by atoms with Gasteiger partial charge in [0.25, 0.3) is 0 Å². The van der Waals surface area contributed by atoms with Gasteiger partial charge in [-0.25, -0.2) is 9.97 Å². The van der Waals surface area contributed by atoms with Crippen molar-refractivity contribution in [3.8, 4) is 11.3 Å². The molecule has 8 heteroatoms. The Hall–Kier alpha value is -2.38. The van der Waals surface area contributed by atoms with Gasteiger partial charge in [-0.15, -0.1) is 0 Å². The first kappa shape index (κ1) is 18.0. The molecule has 0 unspecified atom stereocenters. The van der Waals surface area contributed by atoms with Gasteiger partial charge in [0.15, 0.2) is 5.65 Å². The third kappa shape index (κ3) is 3.21. The molecule has 1 aliphatic heterocycles. The molecule has 3 heterocycles. The van der Waals surface area contributed by atoms with Gasteiger partial charge in [0.2, 0.25) is 0 Å². The number of hydrogen-bond donors (Lipinski definition) is 3. The summed E-state index contributed by atoms with van der Waals surface area (Å²) in [5.74, 6) is 0.867. The molecule has 0 radical (unpaired) electrons. The van der Waals surface area contributed by atoms with Crippen LogP contribution in [0.3, 0.4) is 0 Å². The largest absolute Gasteiger partial charge is 0.387 e. The summed E-state index contributed by atoms with van der Waals surface area (Å²) in [6.07, 6.45) is 3.94. The Morgan fingerprint density at radius 1 is 1.33 bits per heavy atom. The number of aromatic amines is 1. The number of hydrogen-bond acceptors (Lipinski definition) is 6. The lowest BCUT2D eigenvalue weighted by Gasteiger charge is -2.39. The molecule has 4 N–H and O–H groups in total. The molecule has 27 heavy (non-hydrogen) atoms. The predicted octanol–water partition coefficient (Wildman–Crippen LogP) is 3.28. The highest BCUT2D eigenvalue weighted by atomic mass is 35.5. The molecule has 1 saturated heterocycles. The number of rotatable bonds is 4. The summed E-state index contributed by atoms with van der Waals surface area (Å²) in [5, 5.41) is 11.1. The maximum absolute atomic E-state index is 6.51. The third-order valence-corrected chi connectivity index (χ3v) is 5.98. The Balaban J connectivity index is 1.65. The predicted molar refractivity (Wildman–Crippen MR) is 110 cm³/mol. The van der Waals surface area contributed by atoms with E-state index in [1.807, 2.05) is 31.4 Å². The minimum absolute atomic E-state index is 0.226. The average Bonchev–Trinajstić information content (AvgIpc) is 3.12. The van der Waals surface area contributed by atoms with Crippen LogP contribution in [0.2, 0.25) is 5.02 Å². The molecule has 1 fully saturated rings. The summed E-state index contributed by atoms with van der Waals surface area (Å²) in [5.41, 5.74) is 9.91. The van der Waals surface area contributed by atoms with Crippen LogP contribution in [0.4, 0.5) is 11.5 Å². The molecule has 1 aromatic carbocycles. The number of nitrogens with one attached hydrogen (secondary N) is 2. The van der Waals surface area contributed by atoms with Crippen LogP contribution < -0.4 is 16.0 Å². The van der Waals surface area contributed by atoms with E-state index in [9.17, 15) is 0 Å². The van der Waals surface area contributed by atoms with E-state index in [1.165, 1.54) is 0 Å². The number of aromatic nitrogens is 4. The summed E-state index contributed by atoms with van der Waals surface area (Å²) in [4.78, 5) is 11.7. The molecule has 0 aliphatic carbocycles. The zero-order valence-electron chi connectivity index (χ0n) is 15.6. The summed E-state index contributed by atoms with van der Waals surface area (Å²) in [7, 11) is 1.84. The molecule has 2 aromatic heterocycles. The van der Waals surface area contributed by atoms with Crippen LogP contribution in [0.15, 0.2) is 24.4 Å². The molecule has 142 valence electrons. The highest BCUT2D eigenvalue weighted by molar-refractivity contribution is 6.36. The van der Waals surface area contributed by atoms with E-state index in [2.05, 4.69) is 32.3 Å². The number of benzene rings is 1. The molecule has 1 aliphatic rings. The Morgan fingerprint density at radius 2 is 2.11 bits per heavy atom. The van der Waals surface area contributed by atoms with Crippen molar-refractivity contribution in [1.29, 1.82) is 0 Å². The first-order chi connectivity index (χ1) is 13.0. The minimum Gasteiger partial charge on any atom is -0.387 e. The topological polar surface area (TPSA) is 95.8 Å². The number of halogens is 1. The number of fused-ring (bicyclic) bond motifs is 1. The van der Waals surface area contributed by atoms with Gasteiger partial charge in [0.1, 0.15) is 17.0 Å². The van der Waals surface area contributed by atoms with Crippen LogP contribution in [0, 0.1) is 5.41 Å². The van der Waals surface area contributed by atoms with Crippen LogP contribution in [-0.2, 0) is 0 Å². The quantitative estimate of drug-likeness (QED) is 0.637. The Morgan fingerprint density at radius 3 is 2.81 bits per heavy atom. The zero-order valence-corrected chi connectivity index (χ0v) is 16.3. The molecule has 0 saturated carbocycles. The van der Waals surface area contributed by atoms with E-state index in [4.69, 9.17) is 22.3 Å². The van der Waals surface area contributed by atoms with Gasteiger partial charge in [0, 0.05) is 25.7 Å². The molecule has 0 spiro atoms. The van der Waals surface area contributed by atoms with Crippen molar-refractivity contribution in [2.75, 3.05) is 36.9 Å². The summed E-state index contributed by atoms with van der Waals surface area (Å²) >= 11 is 6.51. The maximum Gasteiger partial charge on any atom is 0.177 e. The molecular formula is C19H24ClN7. The van der Waals surface area contributed by atoms with Crippen molar-refractivity contribution < 1.29 is 0 Å². The van der Waals surface area contributed by atoms with Crippen molar-refractivity contribution in [1.82, 2.24) is 20.2 Å². The van der Waals surface area contributed by atoms with E-state index in [0.717, 1.165) is 55.1 Å². The van der Waals surface area contributed by atoms with Crippen molar-refractivity contribution >= 4 is 34.3 Å². The fraction of sp³-hybridized carbons (Fsp3) is 0.421. The van der Waals surface area contributed by atoms with Gasteiger partial charge >= 0.3 is 0 Å². The van der Waals surface area contributed by atoms with Crippen LogP contribution in [0.25, 0.3) is 22.4 Å². The van der Waals surface area contributed by atoms with Crippen LogP contribution in [-0.4, -0.2) is 46.8 Å². The monoisotopic (exact) mass is 385 g/mol. The normalized spacial score (nSPS) is 16.7. The van der Waals surface area contributed by atoms with Gasteiger partial charge in [-0.1, -0.05) is 30.7 Å². The fourth-order valence-electron chi connectivity index (χ4n) is 3.52. The van der Waals surface area contributed by atoms with Crippen LogP contribution >= 0.6 is 11.6 Å². The van der Waals surface area contributed by atoms with E-state index in [1.54, 1.807) is 0 Å². The van der Waals surface area contributed by atoms with Crippen molar-refractivity contribution in [2.24, 2.45) is 11.1 Å². The lowest BCUT2D eigenvalue weighted by atomic mass is 9.80. The highest BCUT2D eigenvalue weighted by Gasteiger charge is 2.29. The second-order valence-electron chi connectivity index (χ2n) is 7.42. The van der Waals surface area contributed by atoms with E-state index in [-0.39, 0.29) is 5.41 Å². The van der Waals surface area contributed by atoms with Gasteiger partial charge in [0.05, 0.1) is 16.9 Å². The molecule has 3 aromatic rings. The van der Waals surface area contributed by atoms with Crippen molar-refractivity contribution in [3.05, 3.63) is 29.4 Å². The average molecular weight is 386 g/mol. The smallest absolute Gasteiger partial charge is 0.177 e. The lowest BCUT2D eigenvalue weighted by molar-refractivity contribution is 0.258. The highest BCUT2D eigenvalue weighted by Crippen LogP contribution is 2.36. The van der Waals surface area contributed by atoms with Crippen LogP contribution in [0.1, 0.15) is 19.8 Å². The van der Waals surface area contributed by atoms with Crippen molar-refractivity contribution in [3.63, 3.8) is 0 Å². The van der Waals surface area contributed by atoms with Gasteiger partial charge in [-0.05, 0) is 30.9 Å². The van der Waals surface area contributed by atoms with E-state index < -0.39 is 0 Å². The van der Waals surface area contributed by atoms with E-state index >= 15 is 0 Å². The number of nitrogens with zero attached hydrogens (tertiary/aromatic N) is 4.